The molecule has 0 radical (unpaired) electrons. The Kier molecular flexibility index (Phi) is 30.7. The largest absolute Gasteiger partial charge is 0.394 e. The van der Waals surface area contributed by atoms with E-state index < -0.39 is 307 Å². The van der Waals surface area contributed by atoms with Crippen LogP contribution in [0.5, 0.6) is 0 Å². The van der Waals surface area contributed by atoms with Crippen molar-refractivity contribution in [2.45, 2.75) is 193 Å². The minimum Gasteiger partial charge on any atom is -0.389 e. The molecule has 16 rings (SSSR count). The number of aliphatic hydroxyl groups is 1. The van der Waals surface area contributed by atoms with Crippen molar-refractivity contribution >= 4 is 154 Å². The van der Waals surface area contributed by atoms with Crippen molar-refractivity contribution in [1.82, 2.24) is 35.4 Å². The maximum absolute atomic E-state index is 13.3. The molecule has 16 atom stereocenters. The number of carbonyl (C=O) groups excluding carboxylic acids is 14. The minimum absolute atomic E-state index is 0.0143. The second-order valence-corrected chi connectivity index (χ2v) is 43.0. The zero-order valence-corrected chi connectivity index (χ0v) is 75.7. The number of carbonyl (C=O) groups is 14. The number of hydroxylamine groups is 14. The SMILES string of the molecule is CCC(F)(F)S(=O)(=O)ON1C(=O)C2C3C=CC(C3)C2C1=O.CCC(F)(F)S(=O)(=O)ON1C(=O)C2C3C=CC(O3)C2C1=O.CCC(F)(F)S(=O)(=O)ON1C(=O)C2C3CCC(O3)C2C1=O.CCC(F)(F)S(=O)(=O)ON1C(=O)C=CC1=O.CCC(F)(F)S(=O)(=O)ON1C(=O)CCC1=O.CCC(F)(F)S(=O)(=O)ON1C(=O)c2ccccc2C1=O.O=C1C2C3CCC(C3)C2C(=O)N1OS(=O)(=O)C(F)(F)CO. The number of allylic oxidation sites excluding steroid dienone is 2. The quantitative estimate of drug-likeness (QED) is 0.0710. The summed E-state index contributed by atoms with van der Waals surface area (Å²) in [5.41, 5.74) is -0.208. The fourth-order valence-electron chi connectivity index (χ4n) is 16.1. The van der Waals surface area contributed by atoms with E-state index in [-0.39, 0.29) is 83.1 Å². The third-order valence-electron chi connectivity index (χ3n) is 23.4. The maximum atomic E-state index is 13.3. The van der Waals surface area contributed by atoms with Gasteiger partial charge in [-0.2, -0.15) is 120 Å². The van der Waals surface area contributed by atoms with E-state index in [1.165, 1.54) is 24.3 Å². The van der Waals surface area contributed by atoms with E-state index in [0.29, 0.717) is 31.4 Å². The molecule has 14 amide bonds. The number of alkyl halides is 14. The average Bonchev–Trinajstić information content (AvgIpc) is 1.58. The van der Waals surface area contributed by atoms with Crippen LogP contribution in [0, 0.1) is 71.0 Å². The van der Waals surface area contributed by atoms with Crippen LogP contribution in [0.25, 0.3) is 0 Å². The highest BCUT2D eigenvalue weighted by Gasteiger charge is 2.69. The maximum Gasteiger partial charge on any atom is 0.394 e. The number of aliphatic hydroxyl groups excluding tert-OH is 1. The van der Waals surface area contributed by atoms with Crippen LogP contribution >= 0.6 is 0 Å². The van der Waals surface area contributed by atoms with E-state index in [9.17, 15) is 188 Å². The fraction of sp³-hybridized carbons (Fsp3) is 0.629. The monoisotopic (exact) mass is 2110 g/mol. The van der Waals surface area contributed by atoms with Crippen LogP contribution in [-0.4, -0.2) is 250 Å². The Morgan fingerprint density at radius 3 is 0.868 bits per heavy atom. The number of fused-ring (bicyclic) bond motifs is 21. The lowest BCUT2D eigenvalue weighted by atomic mass is 9.81. The standard InChI is InChI=1S/C12H13F2NO5S.2C11H13F2NO6S.C11H11F2NO6S.C11H9F2NO5S.C7H9F2NO5S.C7H7F2NO5S/c1-2-12(13,14)21(18,19)20-15-10(16)8-6-3-4-7(5-6)9(8)11(15)17;12-11(13,4-15)21(18,19)20-14-9(16)7-5-1-2-6(3-5)8(7)10(14)17;2*1-2-11(12,13)21(17,18)20-14-9(15)7-5-3-4-6(19-5)8(7)10(14)16;1-2-11(12,13)20(17,18)19-14-9(15)7-5-3-4-6-8(7)10(14)16;2*1-2-7(8,9)16(13,14)15-10-5(11)3-4-6(10)12/h3-4,6-9H,2,5H2,1H3;5-8,15H,1-4H2;5-8H,2-4H2,1H3;3-8H,2H2,1H3;3-6H,2H2,1H3;2-4H2,1H3;3-4H,2H2,1H3. The molecule has 15 aliphatic rings. The highest BCUT2D eigenvalue weighted by atomic mass is 32.2. The predicted octanol–water partition coefficient (Wildman–Crippen LogP) is 3.65. The second-order valence-electron chi connectivity index (χ2n) is 31.4. The van der Waals surface area contributed by atoms with E-state index in [0.717, 1.165) is 60.8 Å². The van der Waals surface area contributed by atoms with E-state index in [2.05, 4.69) is 30.0 Å². The second kappa shape index (κ2) is 38.4. The molecular weight excluding hydrogens is 2040 g/mol. The Hall–Kier alpha value is -9.31. The van der Waals surface area contributed by atoms with Crippen LogP contribution in [0.2, 0.25) is 0 Å². The number of imide groups is 7. The number of rotatable bonds is 28. The van der Waals surface area contributed by atoms with Crippen molar-refractivity contribution in [3.63, 3.8) is 0 Å². The summed E-state index contributed by atoms with van der Waals surface area (Å²) >= 11 is 0. The number of ether oxygens (including phenoxy) is 2. The molecule has 0 aromatic heterocycles. The Balaban J connectivity index is 0.000000164. The van der Waals surface area contributed by atoms with Gasteiger partial charge in [-0.15, -0.1) is 65.4 Å². The molecule has 11 aliphatic heterocycles. The number of benzene rings is 1. The highest BCUT2D eigenvalue weighted by molar-refractivity contribution is 7.89. The molecule has 11 fully saturated rings. The first-order chi connectivity index (χ1) is 62.4. The first kappa shape index (κ1) is 109. The number of nitrogens with zero attached hydrogens (tertiary/aromatic N) is 7. The van der Waals surface area contributed by atoms with Crippen LogP contribution in [0.3, 0.4) is 0 Å². The Bertz CT molecular complexity index is 5540. The highest BCUT2D eigenvalue weighted by Crippen LogP contribution is 2.58. The fourth-order valence-corrected chi connectivity index (χ4v) is 21.5. The molecule has 1 aromatic rings. The zero-order chi connectivity index (χ0) is 103. The van der Waals surface area contributed by atoms with Gasteiger partial charge in [0.05, 0.1) is 82.9 Å². The van der Waals surface area contributed by atoms with Crippen molar-refractivity contribution < 1.29 is 232 Å². The third kappa shape index (κ3) is 19.8. The Morgan fingerprint density at radius 1 is 0.316 bits per heavy atom. The summed E-state index contributed by atoms with van der Waals surface area (Å²) in [6.45, 7) is 3.67. The summed E-state index contributed by atoms with van der Waals surface area (Å²) in [4.78, 5) is 164. The lowest BCUT2D eigenvalue weighted by molar-refractivity contribution is -0.170. The molecule has 0 spiro atoms. The molecule has 45 nitrogen and oxygen atoms in total. The Morgan fingerprint density at radius 2 is 0.574 bits per heavy atom. The molecule has 1 aromatic carbocycles. The van der Waals surface area contributed by atoms with Gasteiger partial charge in [0.25, 0.3) is 82.7 Å². The van der Waals surface area contributed by atoms with Crippen molar-refractivity contribution in [3.05, 3.63) is 71.8 Å². The van der Waals surface area contributed by atoms with Crippen LogP contribution in [-0.2, 0) is 168 Å². The van der Waals surface area contributed by atoms with Gasteiger partial charge in [-0.1, -0.05) is 78.0 Å². The summed E-state index contributed by atoms with van der Waals surface area (Å²) < 4.78 is 381. The van der Waals surface area contributed by atoms with Gasteiger partial charge in [-0.3, -0.25) is 67.1 Å². The van der Waals surface area contributed by atoms with Crippen LogP contribution in [0.1, 0.15) is 152 Å². The van der Waals surface area contributed by atoms with Crippen molar-refractivity contribution in [1.29, 1.82) is 0 Å². The number of amides is 14. The Labute approximate surface area is 759 Å². The van der Waals surface area contributed by atoms with Gasteiger partial charge < -0.3 is 14.6 Å². The van der Waals surface area contributed by atoms with Gasteiger partial charge in [-0.25, -0.2) is 0 Å². The third-order valence-corrected chi connectivity index (χ3v) is 32.8. The average molecular weight is 2110 g/mol. The van der Waals surface area contributed by atoms with Crippen molar-refractivity contribution in [2.75, 3.05) is 6.61 Å². The zero-order valence-electron chi connectivity index (χ0n) is 69.9. The van der Waals surface area contributed by atoms with E-state index >= 15 is 0 Å². The lowest BCUT2D eigenvalue weighted by Crippen LogP contribution is -2.42. The van der Waals surface area contributed by atoms with E-state index in [1.807, 2.05) is 0 Å². The molecule has 66 heteroatoms. The van der Waals surface area contributed by atoms with Crippen LogP contribution in [0.15, 0.2) is 60.7 Å². The van der Waals surface area contributed by atoms with E-state index in [4.69, 9.17) is 14.6 Å². The molecule has 4 aliphatic carbocycles. The van der Waals surface area contributed by atoms with Gasteiger partial charge in [0, 0.05) is 63.5 Å². The summed E-state index contributed by atoms with van der Waals surface area (Å²) in [5.74, 6) is -20.2. The molecule has 3 saturated carbocycles. The summed E-state index contributed by atoms with van der Waals surface area (Å²) in [7, 11) is -37.9. The number of halogens is 14. The van der Waals surface area contributed by atoms with Gasteiger partial charge in [-0.05, 0) is 74.3 Å². The molecule has 11 heterocycles. The minimum atomic E-state index is -5.60. The molecule has 758 valence electrons. The number of hydrogen-bond acceptors (Lipinski definition) is 38. The topological polar surface area (TPSA) is 604 Å². The van der Waals surface area contributed by atoms with E-state index in [1.54, 1.807) is 24.3 Å². The first-order valence-corrected chi connectivity index (χ1v) is 49.7. The normalized spacial score (nSPS) is 28.3. The van der Waals surface area contributed by atoms with Gasteiger partial charge in [0.1, 0.15) is 6.61 Å². The summed E-state index contributed by atoms with van der Waals surface area (Å²) in [6.07, 6.45) is 3.36. The lowest BCUT2D eigenvalue weighted by Gasteiger charge is -2.19. The van der Waals surface area contributed by atoms with Gasteiger partial charge in [0.2, 0.25) is 0 Å². The van der Waals surface area contributed by atoms with Gasteiger partial charge in [0.15, 0.2) is 0 Å². The number of hydrogen-bond donors (Lipinski definition) is 1. The van der Waals surface area contributed by atoms with Crippen LogP contribution < -0.4 is 0 Å². The predicted molar refractivity (Wildman–Crippen MR) is 405 cm³/mol. The summed E-state index contributed by atoms with van der Waals surface area (Å²) in [6, 6.07) is 5.43. The smallest absolute Gasteiger partial charge is 0.389 e. The molecule has 8 saturated heterocycles. The van der Waals surface area contributed by atoms with Gasteiger partial charge >= 0.3 is 108 Å². The first-order valence-electron chi connectivity index (χ1n) is 39.8. The van der Waals surface area contributed by atoms with Crippen molar-refractivity contribution in [3.8, 4) is 0 Å². The van der Waals surface area contributed by atoms with Crippen molar-refractivity contribution in [2.24, 2.45) is 71.0 Å². The van der Waals surface area contributed by atoms with Crippen LogP contribution in [0.4, 0.5) is 61.5 Å². The summed E-state index contributed by atoms with van der Waals surface area (Å²) in [5, 5.41) is -21.8. The molecule has 1 N–H and O–H groups in total. The molecular formula is C70H75F14N7O38S7. The molecule has 16 unspecified atom stereocenters. The molecule has 136 heavy (non-hydrogen) atoms. The molecule has 8 bridgehead atoms.